The van der Waals surface area contributed by atoms with Crippen LogP contribution in [0.2, 0.25) is 0 Å². The van der Waals surface area contributed by atoms with E-state index < -0.39 is 41.3 Å². The van der Waals surface area contributed by atoms with E-state index in [2.05, 4.69) is 72.8 Å². The molecule has 10 rings (SSSR count). The number of hydrogen-bond donors (Lipinski definition) is 1. The Morgan fingerprint density at radius 2 is 1.60 bits per heavy atom. The molecule has 2 aliphatic carbocycles. The van der Waals surface area contributed by atoms with Crippen molar-refractivity contribution in [2.75, 3.05) is 20.3 Å². The number of hydrogen-bond acceptors (Lipinski definition) is 9. The Morgan fingerprint density at radius 3 is 2.34 bits per heavy atom. The van der Waals surface area contributed by atoms with E-state index in [0.29, 0.717) is 47.1 Å². The summed E-state index contributed by atoms with van der Waals surface area (Å²) in [6.07, 6.45) is 7.81. The highest BCUT2D eigenvalue weighted by Crippen LogP contribution is 2.53. The van der Waals surface area contributed by atoms with Crippen LogP contribution in [0.3, 0.4) is 0 Å². The Labute approximate surface area is 394 Å². The second-order valence-corrected chi connectivity index (χ2v) is 20.1. The fraction of sp³-hybridized carbons (Fsp3) is 0.466. The standard InChI is InChI=1S/C58H66O9/c1-36(2)47-25-20-37-18-21-40(22-19-37)48-26-23-42(41-15-11-14-39(31-41)30-38-12-7-5-8-13-38)32-45(48)34-51(60)64-54-52-50(67-58(3,55(54)66-56(47)61)46-16-9-6-10-17-46)27-24-43-33-49(57(62)65-53(43)52)44(28-29-59)35-63-4/h5,7-8,11-15,18-19,21-22,24,27,31,33,42,44-46,48,54-55,59H,6,9-10,16-17,20,23,25-26,28-30,32,34-35H2,1-4H3/t42-,44-,45+,48+,54-,55+,58+/m1/s1. The van der Waals surface area contributed by atoms with Gasteiger partial charge in [-0.2, -0.15) is 0 Å². The molecule has 2 fully saturated rings. The Hall–Kier alpha value is -5.51. The van der Waals surface area contributed by atoms with Crippen LogP contribution in [0.4, 0.5) is 0 Å². The SMILES string of the molecule is COC[C@@H](CCO)c1cc2ccc3c(c2oc1=O)[C@H]1OC(=O)C[C@@H]2C[C@H](c4cccc(Cc5ccccc5)c4)CC[C@H]2c2ccc(cc2)CCC(=C(C)C)C(=O)O[C@@H]1[C@](C)(C1CCCCC1)O3. The van der Waals surface area contributed by atoms with E-state index in [0.717, 1.165) is 68.9 Å². The van der Waals surface area contributed by atoms with Gasteiger partial charge in [0, 0.05) is 48.5 Å². The molecule has 0 amide bonds. The van der Waals surface area contributed by atoms with Crippen LogP contribution in [0.15, 0.2) is 117 Å². The Balaban J connectivity index is 1.15. The maximum atomic E-state index is 15.1. The van der Waals surface area contributed by atoms with Gasteiger partial charge in [0.25, 0.3) is 0 Å². The molecule has 3 aliphatic heterocycles. The summed E-state index contributed by atoms with van der Waals surface area (Å²) in [7, 11) is 1.56. The minimum absolute atomic E-state index is 0.00776. The lowest BCUT2D eigenvalue weighted by Gasteiger charge is -2.50. The van der Waals surface area contributed by atoms with Gasteiger partial charge in [-0.3, -0.25) is 4.79 Å². The summed E-state index contributed by atoms with van der Waals surface area (Å²) in [5, 5.41) is 10.5. The molecule has 0 unspecified atom stereocenters. The molecule has 4 heterocycles. The molecule has 0 saturated heterocycles. The van der Waals surface area contributed by atoms with Gasteiger partial charge in [0.05, 0.1) is 12.2 Å². The van der Waals surface area contributed by atoms with Crippen molar-refractivity contribution in [2.45, 2.75) is 140 Å². The molecule has 7 atom stereocenters. The average molecular weight is 907 g/mol. The molecule has 9 nitrogen and oxygen atoms in total. The molecule has 5 aromatic rings. The lowest BCUT2D eigenvalue weighted by atomic mass is 9.68. The van der Waals surface area contributed by atoms with Gasteiger partial charge in [-0.15, -0.1) is 0 Å². The van der Waals surface area contributed by atoms with Crippen LogP contribution < -0.4 is 10.4 Å². The highest BCUT2D eigenvalue weighted by Gasteiger charge is 2.56. The third-order valence-corrected chi connectivity index (χ3v) is 15.6. The topological polar surface area (TPSA) is 122 Å². The summed E-state index contributed by atoms with van der Waals surface area (Å²) in [6.45, 7) is 5.98. The Bertz CT molecular complexity index is 2630. The number of aliphatic hydroxyl groups is 1. The monoisotopic (exact) mass is 906 g/mol. The van der Waals surface area contributed by atoms with Crippen LogP contribution in [-0.2, 0) is 36.6 Å². The maximum Gasteiger partial charge on any atom is 0.339 e. The zero-order valence-corrected chi connectivity index (χ0v) is 39.6. The third kappa shape index (κ3) is 9.91. The molecule has 1 N–H and O–H groups in total. The Morgan fingerprint density at radius 1 is 0.821 bits per heavy atom. The number of aliphatic hydroxyl groups excluding tert-OH is 1. The summed E-state index contributed by atoms with van der Waals surface area (Å²) in [5.74, 6) is -0.492. The summed E-state index contributed by atoms with van der Waals surface area (Å²) < 4.78 is 32.6. The number of benzene rings is 4. The second-order valence-electron chi connectivity index (χ2n) is 20.1. The lowest BCUT2D eigenvalue weighted by molar-refractivity contribution is -0.201. The molecule has 352 valence electrons. The largest absolute Gasteiger partial charge is 0.483 e. The summed E-state index contributed by atoms with van der Waals surface area (Å²) in [5.41, 5.74) is 6.94. The smallest absolute Gasteiger partial charge is 0.339 e. The molecule has 67 heavy (non-hydrogen) atoms. The first kappa shape index (κ1) is 46.6. The highest BCUT2D eigenvalue weighted by atomic mass is 16.6. The van der Waals surface area contributed by atoms with Gasteiger partial charge in [-0.25, -0.2) is 9.59 Å². The van der Waals surface area contributed by atoms with Crippen molar-refractivity contribution in [3.63, 3.8) is 0 Å². The van der Waals surface area contributed by atoms with Crippen LogP contribution in [0, 0.1) is 11.8 Å². The fourth-order valence-corrected chi connectivity index (χ4v) is 11.9. The van der Waals surface area contributed by atoms with Gasteiger partial charge in [0.1, 0.15) is 16.9 Å². The molecule has 0 radical (unpaired) electrons. The first-order valence-corrected chi connectivity index (χ1v) is 24.7. The summed E-state index contributed by atoms with van der Waals surface area (Å²) in [4.78, 5) is 44.0. The van der Waals surface area contributed by atoms with Crippen molar-refractivity contribution >= 4 is 22.9 Å². The molecule has 2 saturated carbocycles. The van der Waals surface area contributed by atoms with Crippen molar-refractivity contribution in [2.24, 2.45) is 11.8 Å². The van der Waals surface area contributed by atoms with Crippen LogP contribution in [-0.4, -0.2) is 49.1 Å². The van der Waals surface area contributed by atoms with Crippen LogP contribution in [0.25, 0.3) is 11.0 Å². The number of carbonyl (C=O) groups excluding carboxylic acids is 2. The van der Waals surface area contributed by atoms with E-state index in [1.165, 1.54) is 22.3 Å². The van der Waals surface area contributed by atoms with Crippen molar-refractivity contribution in [3.8, 4) is 5.75 Å². The van der Waals surface area contributed by atoms with E-state index in [4.69, 9.17) is 23.4 Å². The van der Waals surface area contributed by atoms with E-state index in [1.807, 2.05) is 39.0 Å². The molecule has 9 heteroatoms. The number of aryl methyl sites for hydroxylation is 1. The average Bonchev–Trinajstić information content (AvgIpc) is 3.33. The van der Waals surface area contributed by atoms with Gasteiger partial charge in [0.2, 0.25) is 0 Å². The van der Waals surface area contributed by atoms with E-state index in [-0.39, 0.29) is 48.9 Å². The zero-order valence-electron chi connectivity index (χ0n) is 39.6. The van der Waals surface area contributed by atoms with Crippen molar-refractivity contribution in [3.05, 3.63) is 158 Å². The first-order valence-electron chi connectivity index (χ1n) is 24.7. The number of methoxy groups -OCH3 is 1. The van der Waals surface area contributed by atoms with Crippen molar-refractivity contribution in [1.82, 2.24) is 0 Å². The maximum absolute atomic E-state index is 15.1. The molecule has 1 aromatic heterocycles. The number of rotatable bonds is 9. The van der Waals surface area contributed by atoms with Gasteiger partial charge in [-0.1, -0.05) is 104 Å². The zero-order chi connectivity index (χ0) is 46.7. The van der Waals surface area contributed by atoms with Crippen LogP contribution in [0.5, 0.6) is 5.75 Å². The van der Waals surface area contributed by atoms with Gasteiger partial charge < -0.3 is 28.5 Å². The quantitative estimate of drug-likeness (QED) is 0.0875. The highest BCUT2D eigenvalue weighted by molar-refractivity contribution is 5.90. The van der Waals surface area contributed by atoms with Gasteiger partial charge in [-0.05, 0) is 142 Å². The van der Waals surface area contributed by atoms with E-state index in [9.17, 15) is 14.7 Å². The van der Waals surface area contributed by atoms with E-state index in [1.54, 1.807) is 13.2 Å². The molecule has 0 spiro atoms. The molecule has 2 bridgehead atoms. The van der Waals surface area contributed by atoms with Gasteiger partial charge >= 0.3 is 17.6 Å². The predicted molar refractivity (Wildman–Crippen MR) is 259 cm³/mol. The molecule has 4 aromatic carbocycles. The van der Waals surface area contributed by atoms with Crippen molar-refractivity contribution in [1.29, 1.82) is 0 Å². The number of carbonyl (C=O) groups is 2. The molecular weight excluding hydrogens is 841 g/mol. The number of ether oxygens (including phenoxy) is 4. The molecule has 5 aliphatic rings. The summed E-state index contributed by atoms with van der Waals surface area (Å²) >= 11 is 0. The fourth-order valence-electron chi connectivity index (χ4n) is 11.9. The number of esters is 2. The van der Waals surface area contributed by atoms with E-state index >= 15 is 4.79 Å². The normalized spacial score (nSPS) is 25.3. The van der Waals surface area contributed by atoms with Crippen molar-refractivity contribution < 1.29 is 38.1 Å². The number of fused-ring (bicyclic) bond motifs is 11. The van der Waals surface area contributed by atoms with Gasteiger partial charge in [0.15, 0.2) is 12.2 Å². The number of allylic oxidation sites excluding steroid dienone is 1. The van der Waals surface area contributed by atoms with Crippen LogP contribution >= 0.6 is 0 Å². The first-order chi connectivity index (χ1) is 32.5. The predicted octanol–water partition coefficient (Wildman–Crippen LogP) is 11.8. The van der Waals surface area contributed by atoms with Crippen LogP contribution in [0.1, 0.15) is 154 Å². The lowest BCUT2D eigenvalue weighted by Crippen LogP contribution is -2.58. The second kappa shape index (κ2) is 20.4. The minimum atomic E-state index is -1.14. The summed E-state index contributed by atoms with van der Waals surface area (Å²) in [6, 6.07) is 33.8. The third-order valence-electron chi connectivity index (χ3n) is 15.6. The Kier molecular flexibility index (Phi) is 14.2. The molecular formula is C58H66O9. The minimum Gasteiger partial charge on any atom is -0.483 e.